The van der Waals surface area contributed by atoms with Crippen molar-refractivity contribution in [3.63, 3.8) is 0 Å². The number of hydrogen-bond donors (Lipinski definition) is 3. The molecule has 11 nitrogen and oxygen atoms in total. The van der Waals surface area contributed by atoms with Crippen LogP contribution in [0.1, 0.15) is 25.7 Å². The molecule has 0 spiro atoms. The molecular formula is C17H20N4O7. The normalized spacial score (nSPS) is 15.7. The predicted molar refractivity (Wildman–Crippen MR) is 96.3 cm³/mol. The highest BCUT2D eigenvalue weighted by molar-refractivity contribution is 5.98. The number of carbonyl (C=O) groups excluding carboxylic acids is 3. The first-order valence-electron chi connectivity index (χ1n) is 8.61. The summed E-state index contributed by atoms with van der Waals surface area (Å²) in [7, 11) is 0. The second-order valence-electron chi connectivity index (χ2n) is 6.21. The van der Waals surface area contributed by atoms with Crippen LogP contribution < -0.4 is 10.6 Å². The maximum Gasteiger partial charge on any atom is 0.303 e. The number of aliphatic carboxylic acids is 1. The van der Waals surface area contributed by atoms with Gasteiger partial charge in [0.05, 0.1) is 17.9 Å². The average molecular weight is 392 g/mol. The summed E-state index contributed by atoms with van der Waals surface area (Å²) in [6.45, 7) is 0.0436. The number of hydrogen-bond acceptors (Lipinski definition) is 6. The second-order valence-corrected chi connectivity index (χ2v) is 6.21. The molecule has 1 saturated heterocycles. The van der Waals surface area contributed by atoms with Crippen LogP contribution in [0.4, 0.5) is 11.4 Å². The monoisotopic (exact) mass is 392 g/mol. The van der Waals surface area contributed by atoms with Crippen molar-refractivity contribution in [2.24, 2.45) is 0 Å². The van der Waals surface area contributed by atoms with E-state index in [1.54, 1.807) is 0 Å². The zero-order chi connectivity index (χ0) is 20.7. The highest BCUT2D eigenvalue weighted by Gasteiger charge is 2.34. The summed E-state index contributed by atoms with van der Waals surface area (Å²) in [6.07, 6.45) is 0.519. The number of nitrogens with zero attached hydrogens (tertiary/aromatic N) is 2. The lowest BCUT2D eigenvalue weighted by Gasteiger charge is -2.24. The van der Waals surface area contributed by atoms with Crippen LogP contribution in [0.5, 0.6) is 0 Å². The molecule has 0 bridgehead atoms. The number of rotatable bonds is 8. The van der Waals surface area contributed by atoms with Crippen LogP contribution in [0.3, 0.4) is 0 Å². The zero-order valence-electron chi connectivity index (χ0n) is 14.9. The van der Waals surface area contributed by atoms with Crippen LogP contribution >= 0.6 is 0 Å². The van der Waals surface area contributed by atoms with Gasteiger partial charge in [-0.1, -0.05) is 0 Å². The molecular weight excluding hydrogens is 372 g/mol. The van der Waals surface area contributed by atoms with E-state index in [1.165, 1.54) is 29.2 Å². The molecule has 0 radical (unpaired) electrons. The number of amides is 3. The number of benzene rings is 1. The summed E-state index contributed by atoms with van der Waals surface area (Å²) in [5.41, 5.74) is 0.270. The van der Waals surface area contributed by atoms with Crippen molar-refractivity contribution in [1.29, 1.82) is 0 Å². The third-order valence-corrected chi connectivity index (χ3v) is 4.22. The molecule has 1 atom stereocenters. The molecule has 0 aromatic heterocycles. The van der Waals surface area contributed by atoms with Crippen molar-refractivity contribution < 1.29 is 29.2 Å². The molecule has 1 aliphatic heterocycles. The van der Waals surface area contributed by atoms with Crippen LogP contribution in [-0.2, 0) is 19.2 Å². The van der Waals surface area contributed by atoms with Gasteiger partial charge in [-0.3, -0.25) is 29.3 Å². The summed E-state index contributed by atoms with van der Waals surface area (Å²) in [5, 5.41) is 24.2. The van der Waals surface area contributed by atoms with E-state index in [0.717, 1.165) is 0 Å². The first-order chi connectivity index (χ1) is 13.3. The van der Waals surface area contributed by atoms with Gasteiger partial charge in [0.1, 0.15) is 6.04 Å². The summed E-state index contributed by atoms with van der Waals surface area (Å²) in [5.74, 6) is -2.52. The van der Waals surface area contributed by atoms with Crippen molar-refractivity contribution in [3.8, 4) is 0 Å². The lowest BCUT2D eigenvalue weighted by atomic mass is 10.2. The number of carboxylic acid groups (broad SMARTS) is 1. The fraction of sp³-hybridized carbons (Fsp3) is 0.412. The molecule has 1 heterocycles. The Balaban J connectivity index is 1.89. The van der Waals surface area contributed by atoms with Crippen LogP contribution in [0.2, 0.25) is 0 Å². The molecule has 1 aliphatic rings. The fourth-order valence-electron chi connectivity index (χ4n) is 2.81. The van der Waals surface area contributed by atoms with E-state index in [9.17, 15) is 29.3 Å². The largest absolute Gasteiger partial charge is 0.481 e. The van der Waals surface area contributed by atoms with Gasteiger partial charge in [0.2, 0.25) is 17.7 Å². The Kier molecular flexibility index (Phi) is 7.02. The van der Waals surface area contributed by atoms with Gasteiger partial charge in [-0.05, 0) is 25.0 Å². The van der Waals surface area contributed by atoms with E-state index in [4.69, 9.17) is 5.11 Å². The molecule has 0 aliphatic carbocycles. The zero-order valence-corrected chi connectivity index (χ0v) is 14.9. The first kappa shape index (κ1) is 20.8. The van der Waals surface area contributed by atoms with Crippen molar-refractivity contribution in [3.05, 3.63) is 34.4 Å². The molecule has 28 heavy (non-hydrogen) atoms. The lowest BCUT2D eigenvalue weighted by Crippen LogP contribution is -2.47. The maximum absolute atomic E-state index is 12.5. The van der Waals surface area contributed by atoms with E-state index in [-0.39, 0.29) is 25.1 Å². The summed E-state index contributed by atoms with van der Waals surface area (Å²) in [4.78, 5) is 58.2. The molecule has 0 saturated carbocycles. The summed E-state index contributed by atoms with van der Waals surface area (Å²) < 4.78 is 0. The highest BCUT2D eigenvalue weighted by Crippen LogP contribution is 2.20. The Morgan fingerprint density at radius 1 is 1.18 bits per heavy atom. The standard InChI is InChI=1S/C17H20N4O7/c22-14(7-8-16(24)25)18-10-15(23)20-9-1-2-13(20)17(26)19-11-3-5-12(6-4-11)21(27)28/h3-6,13H,1-2,7-10H2,(H,18,22)(H,19,26)(H,24,25)/t13-/m1/s1. The Hall–Kier alpha value is -3.50. The first-order valence-corrected chi connectivity index (χ1v) is 8.61. The number of nitrogens with one attached hydrogen (secondary N) is 2. The number of carbonyl (C=O) groups is 4. The number of non-ortho nitro benzene ring substituents is 1. The minimum Gasteiger partial charge on any atom is -0.481 e. The van der Waals surface area contributed by atoms with Crippen LogP contribution in [0.25, 0.3) is 0 Å². The van der Waals surface area contributed by atoms with Crippen LogP contribution in [0, 0.1) is 10.1 Å². The van der Waals surface area contributed by atoms with Gasteiger partial charge in [-0.25, -0.2) is 0 Å². The van der Waals surface area contributed by atoms with Gasteiger partial charge in [0.15, 0.2) is 0 Å². The second kappa shape index (κ2) is 9.44. The molecule has 3 N–H and O–H groups in total. The average Bonchev–Trinajstić information content (AvgIpc) is 3.15. The van der Waals surface area contributed by atoms with Crippen molar-refractivity contribution in [1.82, 2.24) is 10.2 Å². The topological polar surface area (TPSA) is 159 Å². The van der Waals surface area contributed by atoms with E-state index < -0.39 is 34.7 Å². The summed E-state index contributed by atoms with van der Waals surface area (Å²) >= 11 is 0. The quantitative estimate of drug-likeness (QED) is 0.429. The Labute approximate surface area is 159 Å². The molecule has 0 unspecified atom stereocenters. The van der Waals surface area contributed by atoms with E-state index in [2.05, 4.69) is 10.6 Å². The van der Waals surface area contributed by atoms with Crippen molar-refractivity contribution in [2.45, 2.75) is 31.7 Å². The summed E-state index contributed by atoms with van der Waals surface area (Å²) in [6, 6.07) is 4.62. The molecule has 150 valence electrons. The molecule has 1 aromatic rings. The molecule has 2 rings (SSSR count). The minimum atomic E-state index is -1.11. The smallest absolute Gasteiger partial charge is 0.303 e. The number of carboxylic acids is 1. The number of nitro benzene ring substituents is 1. The Morgan fingerprint density at radius 2 is 1.86 bits per heavy atom. The van der Waals surface area contributed by atoms with Crippen LogP contribution in [-0.4, -0.2) is 57.8 Å². The van der Waals surface area contributed by atoms with E-state index in [0.29, 0.717) is 25.1 Å². The highest BCUT2D eigenvalue weighted by atomic mass is 16.6. The van der Waals surface area contributed by atoms with Gasteiger partial charge >= 0.3 is 5.97 Å². The van der Waals surface area contributed by atoms with Crippen LogP contribution in [0.15, 0.2) is 24.3 Å². The van der Waals surface area contributed by atoms with Gasteiger partial charge < -0.3 is 20.6 Å². The maximum atomic E-state index is 12.5. The molecule has 3 amide bonds. The third kappa shape index (κ3) is 5.76. The number of anilines is 1. The van der Waals surface area contributed by atoms with Crippen molar-refractivity contribution >= 4 is 35.1 Å². The number of likely N-dealkylation sites (tertiary alicyclic amines) is 1. The lowest BCUT2D eigenvalue weighted by molar-refractivity contribution is -0.384. The van der Waals surface area contributed by atoms with E-state index >= 15 is 0 Å². The molecule has 1 aromatic carbocycles. The molecule has 11 heteroatoms. The minimum absolute atomic E-state index is 0.102. The van der Waals surface area contributed by atoms with Crippen molar-refractivity contribution in [2.75, 3.05) is 18.4 Å². The van der Waals surface area contributed by atoms with Gasteiger partial charge in [0.25, 0.3) is 5.69 Å². The SMILES string of the molecule is O=C(O)CCC(=O)NCC(=O)N1CCC[C@@H]1C(=O)Nc1ccc([N+](=O)[O-])cc1. The Morgan fingerprint density at radius 3 is 2.46 bits per heavy atom. The van der Waals surface area contributed by atoms with Gasteiger partial charge in [0, 0.05) is 30.8 Å². The Bertz CT molecular complexity index is 778. The van der Waals surface area contributed by atoms with Gasteiger partial charge in [-0.2, -0.15) is 0 Å². The predicted octanol–water partition coefficient (Wildman–Crippen LogP) is 0.505. The van der Waals surface area contributed by atoms with Gasteiger partial charge in [-0.15, -0.1) is 0 Å². The van der Waals surface area contributed by atoms with E-state index in [1.807, 2.05) is 0 Å². The fourth-order valence-corrected chi connectivity index (χ4v) is 2.81. The third-order valence-electron chi connectivity index (χ3n) is 4.22. The molecule has 1 fully saturated rings. The number of nitro groups is 1.